The molecule has 0 rings (SSSR count). The van der Waals surface area contributed by atoms with Gasteiger partial charge in [-0.3, -0.25) is 9.59 Å². The summed E-state index contributed by atoms with van der Waals surface area (Å²) in [6, 6.07) is 0. The molecule has 1 unspecified atom stereocenters. The van der Waals surface area contributed by atoms with Crippen LogP contribution in [-0.2, 0) is 14.4 Å². The highest BCUT2D eigenvalue weighted by molar-refractivity contribution is 8.01. The minimum absolute atomic E-state index is 0.115. The zero-order chi connectivity index (χ0) is 12.8. The van der Waals surface area contributed by atoms with E-state index in [4.69, 9.17) is 0 Å². The number of Topliss-reactive ketones (excluding diaryl/α,β-unsaturated/α-hetero) is 1. The molecule has 0 fully saturated rings. The summed E-state index contributed by atoms with van der Waals surface area (Å²) >= 11 is 1.18. The van der Waals surface area contributed by atoms with E-state index in [-0.39, 0.29) is 17.4 Å². The highest BCUT2D eigenvalue weighted by Crippen LogP contribution is 2.10. The maximum Gasteiger partial charge on any atom is 0.248 e. The minimum atomic E-state index is -0.881. The van der Waals surface area contributed by atoms with E-state index in [0.717, 1.165) is 6.29 Å². The molecule has 16 heavy (non-hydrogen) atoms. The Balaban J connectivity index is 4.41. The summed E-state index contributed by atoms with van der Waals surface area (Å²) in [5.74, 6) is -0.176. The molecule has 92 valence electrons. The van der Waals surface area contributed by atoms with Gasteiger partial charge in [-0.15, -0.1) is 11.8 Å². The van der Waals surface area contributed by atoms with E-state index >= 15 is 0 Å². The molecule has 0 aliphatic rings. The van der Waals surface area contributed by atoms with E-state index in [2.05, 4.69) is 10.6 Å². The Morgan fingerprint density at radius 1 is 1.44 bits per heavy atom. The molecule has 0 heterocycles. The molecule has 0 spiro atoms. The predicted octanol–water partition coefficient (Wildman–Crippen LogP) is -0.0522. The summed E-state index contributed by atoms with van der Waals surface area (Å²) in [6.07, 6.45) is 0.735. The number of ketones is 1. The van der Waals surface area contributed by atoms with Crippen LogP contribution in [0.2, 0.25) is 0 Å². The van der Waals surface area contributed by atoms with Crippen molar-refractivity contribution in [3.63, 3.8) is 0 Å². The van der Waals surface area contributed by atoms with Gasteiger partial charge in [-0.05, 0) is 27.8 Å². The summed E-state index contributed by atoms with van der Waals surface area (Å²) in [5, 5.41) is 4.88. The second-order valence-corrected chi connectivity index (χ2v) is 4.98. The number of amides is 1. The Morgan fingerprint density at radius 2 is 2.00 bits per heavy atom. The lowest BCUT2D eigenvalue weighted by atomic mass is 10.0. The lowest BCUT2D eigenvalue weighted by Gasteiger charge is -2.25. The molecule has 5 nitrogen and oxygen atoms in total. The van der Waals surface area contributed by atoms with Crippen LogP contribution in [0.4, 0.5) is 0 Å². The number of thioether (sulfide) groups is 1. The van der Waals surface area contributed by atoms with E-state index in [1.807, 2.05) is 0 Å². The topological polar surface area (TPSA) is 75.3 Å². The van der Waals surface area contributed by atoms with Crippen molar-refractivity contribution in [1.82, 2.24) is 10.6 Å². The molecule has 1 amide bonds. The molecule has 0 radical (unpaired) electrons. The Kier molecular flexibility index (Phi) is 6.28. The molecule has 1 atom stereocenters. The zero-order valence-corrected chi connectivity index (χ0v) is 10.8. The fraction of sp³-hybridized carbons (Fsp3) is 0.700. The third-order valence-electron chi connectivity index (χ3n) is 2.15. The SMILES string of the molecule is CNC(SCC=O)C(=O)NC(C)(C)C(C)=O. The average Bonchev–Trinajstić information content (AvgIpc) is 2.18. The fourth-order valence-electron chi connectivity index (χ4n) is 0.887. The summed E-state index contributed by atoms with van der Waals surface area (Å²) in [6.45, 7) is 4.71. The molecule has 0 aromatic heterocycles. The maximum atomic E-state index is 11.7. The molecule has 0 bridgehead atoms. The smallest absolute Gasteiger partial charge is 0.248 e. The lowest BCUT2D eigenvalue weighted by Crippen LogP contribution is -2.53. The van der Waals surface area contributed by atoms with Crippen LogP contribution in [0.3, 0.4) is 0 Å². The third kappa shape index (κ3) is 4.76. The molecule has 6 heteroatoms. The van der Waals surface area contributed by atoms with Gasteiger partial charge in [0.1, 0.15) is 11.7 Å². The number of aldehydes is 1. The summed E-state index contributed by atoms with van der Waals surface area (Å²) < 4.78 is 0. The largest absolute Gasteiger partial charge is 0.342 e. The minimum Gasteiger partial charge on any atom is -0.342 e. The summed E-state index contributed by atoms with van der Waals surface area (Å²) in [7, 11) is 1.63. The number of likely N-dealkylation sites (N-methyl/N-ethyl adjacent to an activating group) is 1. The van der Waals surface area contributed by atoms with Gasteiger partial charge in [-0.1, -0.05) is 0 Å². The van der Waals surface area contributed by atoms with Crippen molar-refractivity contribution < 1.29 is 14.4 Å². The zero-order valence-electron chi connectivity index (χ0n) is 9.99. The van der Waals surface area contributed by atoms with Gasteiger partial charge in [0.25, 0.3) is 0 Å². The molecular weight excluding hydrogens is 228 g/mol. The Hall–Kier alpha value is -0.880. The molecular formula is C10H18N2O3S. The van der Waals surface area contributed by atoms with Crippen molar-refractivity contribution in [2.24, 2.45) is 0 Å². The van der Waals surface area contributed by atoms with Gasteiger partial charge < -0.3 is 15.4 Å². The van der Waals surface area contributed by atoms with Crippen LogP contribution in [0.5, 0.6) is 0 Å². The molecule has 0 aromatic carbocycles. The standard InChI is InChI=1S/C10H18N2O3S/c1-7(14)10(2,3)12-8(15)9(11-4)16-6-5-13/h5,9,11H,6H2,1-4H3,(H,12,15). The lowest BCUT2D eigenvalue weighted by molar-refractivity contribution is -0.129. The molecule has 2 N–H and O–H groups in total. The second kappa shape index (κ2) is 6.65. The van der Waals surface area contributed by atoms with Crippen molar-refractivity contribution in [2.75, 3.05) is 12.8 Å². The first-order chi connectivity index (χ1) is 7.35. The number of hydrogen-bond donors (Lipinski definition) is 2. The number of hydrogen-bond acceptors (Lipinski definition) is 5. The van der Waals surface area contributed by atoms with Gasteiger partial charge in [0.2, 0.25) is 5.91 Å². The molecule has 0 saturated carbocycles. The van der Waals surface area contributed by atoms with E-state index in [1.54, 1.807) is 20.9 Å². The second-order valence-electron chi connectivity index (χ2n) is 3.84. The normalized spacial score (nSPS) is 13.0. The summed E-state index contributed by atoms with van der Waals surface area (Å²) in [5.41, 5.74) is -0.881. The predicted molar refractivity (Wildman–Crippen MR) is 64.3 cm³/mol. The maximum absolute atomic E-state index is 11.7. The van der Waals surface area contributed by atoms with E-state index in [1.165, 1.54) is 18.7 Å². The van der Waals surface area contributed by atoms with Gasteiger partial charge in [-0.25, -0.2) is 0 Å². The van der Waals surface area contributed by atoms with Crippen molar-refractivity contribution in [2.45, 2.75) is 31.7 Å². The quantitative estimate of drug-likeness (QED) is 0.486. The first-order valence-corrected chi connectivity index (χ1v) is 5.95. The van der Waals surface area contributed by atoms with Crippen molar-refractivity contribution in [1.29, 1.82) is 0 Å². The van der Waals surface area contributed by atoms with Gasteiger partial charge in [-0.2, -0.15) is 0 Å². The van der Waals surface area contributed by atoms with Gasteiger partial charge in [0.05, 0.1) is 11.3 Å². The van der Waals surface area contributed by atoms with Crippen molar-refractivity contribution in [3.8, 4) is 0 Å². The van der Waals surface area contributed by atoms with Gasteiger partial charge in [0, 0.05) is 0 Å². The van der Waals surface area contributed by atoms with Crippen LogP contribution in [0.25, 0.3) is 0 Å². The highest BCUT2D eigenvalue weighted by Gasteiger charge is 2.28. The van der Waals surface area contributed by atoms with Gasteiger partial charge in [0.15, 0.2) is 5.78 Å². The van der Waals surface area contributed by atoms with E-state index in [0.29, 0.717) is 0 Å². The Morgan fingerprint density at radius 3 is 2.38 bits per heavy atom. The van der Waals surface area contributed by atoms with Crippen LogP contribution < -0.4 is 10.6 Å². The van der Waals surface area contributed by atoms with Crippen LogP contribution in [0, 0.1) is 0 Å². The van der Waals surface area contributed by atoms with Crippen molar-refractivity contribution >= 4 is 29.7 Å². The fourth-order valence-corrected chi connectivity index (χ4v) is 1.54. The first kappa shape index (κ1) is 15.1. The summed E-state index contributed by atoms with van der Waals surface area (Å²) in [4.78, 5) is 33.2. The number of nitrogens with one attached hydrogen (secondary N) is 2. The third-order valence-corrected chi connectivity index (χ3v) is 3.26. The van der Waals surface area contributed by atoms with Crippen LogP contribution >= 0.6 is 11.8 Å². The van der Waals surface area contributed by atoms with Crippen LogP contribution in [-0.4, -0.2) is 41.7 Å². The number of carbonyl (C=O) groups excluding carboxylic acids is 3. The van der Waals surface area contributed by atoms with Crippen molar-refractivity contribution in [3.05, 3.63) is 0 Å². The van der Waals surface area contributed by atoms with E-state index < -0.39 is 10.9 Å². The number of carbonyl (C=O) groups is 3. The van der Waals surface area contributed by atoms with E-state index in [9.17, 15) is 14.4 Å². The van der Waals surface area contributed by atoms with Gasteiger partial charge >= 0.3 is 0 Å². The molecule has 0 aromatic rings. The number of rotatable bonds is 7. The van der Waals surface area contributed by atoms with Crippen LogP contribution in [0.1, 0.15) is 20.8 Å². The van der Waals surface area contributed by atoms with Crippen LogP contribution in [0.15, 0.2) is 0 Å². The first-order valence-electron chi connectivity index (χ1n) is 4.90. The highest BCUT2D eigenvalue weighted by atomic mass is 32.2. The average molecular weight is 246 g/mol. The Bertz CT molecular complexity index is 279. The monoisotopic (exact) mass is 246 g/mol. The molecule has 0 aliphatic heterocycles. The molecule has 0 aliphatic carbocycles. The molecule has 0 saturated heterocycles. The Labute approximate surface area is 99.7 Å².